The minimum absolute atomic E-state index is 0.0285. The molecule has 0 aromatic heterocycles. The normalized spacial score (nSPS) is 18.9. The molecular formula is C16H30N2O2. The molecule has 1 saturated heterocycles. The predicted molar refractivity (Wildman–Crippen MR) is 81.3 cm³/mol. The van der Waals surface area contributed by atoms with E-state index in [4.69, 9.17) is 5.73 Å². The van der Waals surface area contributed by atoms with Gasteiger partial charge in [0.2, 0.25) is 5.91 Å². The number of carbonyl (C=O) groups excluding carboxylic acids is 2. The number of hydrogen-bond acceptors (Lipinski definition) is 3. The van der Waals surface area contributed by atoms with Gasteiger partial charge in [0.15, 0.2) is 0 Å². The Balaban J connectivity index is 2.23. The average molecular weight is 282 g/mol. The quantitative estimate of drug-likeness (QED) is 0.660. The second-order valence-corrected chi connectivity index (χ2v) is 6.38. The van der Waals surface area contributed by atoms with Crippen LogP contribution >= 0.6 is 0 Å². The van der Waals surface area contributed by atoms with Crippen molar-refractivity contribution in [1.29, 1.82) is 0 Å². The third-order valence-electron chi connectivity index (χ3n) is 4.44. The van der Waals surface area contributed by atoms with Crippen LogP contribution in [0.4, 0.5) is 0 Å². The number of nitrogens with two attached hydrogens (primary N) is 1. The Hall–Kier alpha value is -0.900. The van der Waals surface area contributed by atoms with Crippen molar-refractivity contribution in [3.63, 3.8) is 0 Å². The number of likely N-dealkylation sites (tertiary alicyclic amines) is 1. The maximum atomic E-state index is 11.6. The zero-order chi connectivity index (χ0) is 15.0. The number of primary amides is 1. The van der Waals surface area contributed by atoms with Gasteiger partial charge in [0.1, 0.15) is 5.78 Å². The van der Waals surface area contributed by atoms with Gasteiger partial charge in [0.25, 0.3) is 0 Å². The number of Topliss-reactive ketones (excluding diaryl/α,β-unsaturated/α-hetero) is 1. The summed E-state index contributed by atoms with van der Waals surface area (Å²) in [4.78, 5) is 24.8. The second-order valence-electron chi connectivity index (χ2n) is 6.38. The van der Waals surface area contributed by atoms with Crippen LogP contribution in [0.25, 0.3) is 0 Å². The smallest absolute Gasteiger partial charge is 0.220 e. The molecular weight excluding hydrogens is 252 g/mol. The SMILES string of the molecule is CC(=O)CCCCCC(CC1CCN(C)CC1)C(N)=O. The van der Waals surface area contributed by atoms with E-state index in [1.165, 1.54) is 12.8 Å². The second kappa shape index (κ2) is 9.11. The first kappa shape index (κ1) is 17.2. The first-order valence-electron chi connectivity index (χ1n) is 7.96. The number of piperidine rings is 1. The Bertz CT molecular complexity index is 310. The lowest BCUT2D eigenvalue weighted by Gasteiger charge is -2.30. The van der Waals surface area contributed by atoms with Crippen LogP contribution in [0.15, 0.2) is 0 Å². The first-order chi connectivity index (χ1) is 9.49. The Morgan fingerprint density at radius 1 is 1.20 bits per heavy atom. The highest BCUT2D eigenvalue weighted by Crippen LogP contribution is 2.26. The molecule has 1 atom stereocenters. The van der Waals surface area contributed by atoms with Gasteiger partial charge in [-0.05, 0) is 65.1 Å². The maximum Gasteiger partial charge on any atom is 0.220 e. The Labute approximate surface area is 123 Å². The van der Waals surface area contributed by atoms with E-state index in [1.807, 2.05) is 0 Å². The van der Waals surface area contributed by atoms with Crippen LogP contribution in [-0.2, 0) is 9.59 Å². The van der Waals surface area contributed by atoms with E-state index in [2.05, 4.69) is 11.9 Å². The lowest BCUT2D eigenvalue weighted by molar-refractivity contribution is -0.122. The summed E-state index contributed by atoms with van der Waals surface area (Å²) in [5.74, 6) is 0.792. The summed E-state index contributed by atoms with van der Waals surface area (Å²) in [6.07, 6.45) is 7.85. The van der Waals surface area contributed by atoms with E-state index >= 15 is 0 Å². The third kappa shape index (κ3) is 7.04. The number of nitrogens with zero attached hydrogens (tertiary/aromatic N) is 1. The maximum absolute atomic E-state index is 11.6. The van der Waals surface area contributed by atoms with Gasteiger partial charge in [-0.15, -0.1) is 0 Å². The highest BCUT2D eigenvalue weighted by molar-refractivity contribution is 5.76. The molecule has 1 unspecified atom stereocenters. The Morgan fingerprint density at radius 2 is 1.85 bits per heavy atom. The van der Waals surface area contributed by atoms with Crippen molar-refractivity contribution >= 4 is 11.7 Å². The molecule has 0 saturated carbocycles. The van der Waals surface area contributed by atoms with Gasteiger partial charge >= 0.3 is 0 Å². The summed E-state index contributed by atoms with van der Waals surface area (Å²) in [7, 11) is 2.15. The fourth-order valence-electron chi connectivity index (χ4n) is 3.02. The van der Waals surface area contributed by atoms with Gasteiger partial charge in [-0.1, -0.05) is 12.8 Å². The molecule has 0 aromatic carbocycles. The molecule has 1 aliphatic heterocycles. The van der Waals surface area contributed by atoms with Gasteiger partial charge in [0, 0.05) is 12.3 Å². The van der Waals surface area contributed by atoms with E-state index in [0.29, 0.717) is 12.3 Å². The first-order valence-corrected chi connectivity index (χ1v) is 7.96. The van der Waals surface area contributed by atoms with E-state index in [1.54, 1.807) is 6.92 Å². The summed E-state index contributed by atoms with van der Waals surface area (Å²) < 4.78 is 0. The monoisotopic (exact) mass is 282 g/mol. The van der Waals surface area contributed by atoms with E-state index < -0.39 is 0 Å². The van der Waals surface area contributed by atoms with Crippen molar-refractivity contribution in [1.82, 2.24) is 4.90 Å². The van der Waals surface area contributed by atoms with Crippen molar-refractivity contribution in [3.05, 3.63) is 0 Å². The molecule has 0 aromatic rings. The zero-order valence-corrected chi connectivity index (χ0v) is 13.1. The number of hydrogen-bond donors (Lipinski definition) is 1. The zero-order valence-electron chi connectivity index (χ0n) is 13.1. The molecule has 1 aliphatic rings. The minimum Gasteiger partial charge on any atom is -0.369 e. The van der Waals surface area contributed by atoms with Crippen LogP contribution in [0.2, 0.25) is 0 Å². The molecule has 1 rings (SSSR count). The molecule has 1 heterocycles. The van der Waals surface area contributed by atoms with Crippen molar-refractivity contribution in [2.75, 3.05) is 20.1 Å². The highest BCUT2D eigenvalue weighted by atomic mass is 16.1. The van der Waals surface area contributed by atoms with Crippen LogP contribution in [0.3, 0.4) is 0 Å². The van der Waals surface area contributed by atoms with Gasteiger partial charge in [-0.3, -0.25) is 4.79 Å². The lowest BCUT2D eigenvalue weighted by atomic mass is 9.84. The fourth-order valence-corrected chi connectivity index (χ4v) is 3.02. The molecule has 2 N–H and O–H groups in total. The summed E-state index contributed by atoms with van der Waals surface area (Å²) in [5.41, 5.74) is 5.54. The molecule has 1 fully saturated rings. The molecule has 4 nitrogen and oxygen atoms in total. The van der Waals surface area contributed by atoms with Crippen molar-refractivity contribution < 1.29 is 9.59 Å². The number of ketones is 1. The minimum atomic E-state index is -0.143. The molecule has 0 spiro atoms. The van der Waals surface area contributed by atoms with Gasteiger partial charge < -0.3 is 15.4 Å². The summed E-state index contributed by atoms with van der Waals surface area (Å²) in [5, 5.41) is 0. The van der Waals surface area contributed by atoms with Crippen LogP contribution in [0.1, 0.15) is 58.3 Å². The Morgan fingerprint density at radius 3 is 2.40 bits per heavy atom. The largest absolute Gasteiger partial charge is 0.369 e. The molecule has 20 heavy (non-hydrogen) atoms. The van der Waals surface area contributed by atoms with Crippen molar-refractivity contribution in [2.24, 2.45) is 17.6 Å². The molecule has 0 bridgehead atoms. The highest BCUT2D eigenvalue weighted by Gasteiger charge is 2.23. The molecule has 1 amide bonds. The van der Waals surface area contributed by atoms with Crippen molar-refractivity contribution in [3.8, 4) is 0 Å². The summed E-state index contributed by atoms with van der Waals surface area (Å²) in [6.45, 7) is 3.90. The fraction of sp³-hybridized carbons (Fsp3) is 0.875. The predicted octanol–water partition coefficient (Wildman–Crippen LogP) is 2.36. The van der Waals surface area contributed by atoms with Crippen molar-refractivity contribution in [2.45, 2.75) is 58.3 Å². The van der Waals surface area contributed by atoms with E-state index in [-0.39, 0.29) is 17.6 Å². The van der Waals surface area contributed by atoms with E-state index in [9.17, 15) is 9.59 Å². The topological polar surface area (TPSA) is 63.4 Å². The van der Waals surface area contributed by atoms with Gasteiger partial charge in [-0.25, -0.2) is 0 Å². The molecule has 0 aliphatic carbocycles. The lowest BCUT2D eigenvalue weighted by Crippen LogP contribution is -2.33. The van der Waals surface area contributed by atoms with Crippen LogP contribution in [-0.4, -0.2) is 36.7 Å². The number of unbranched alkanes of at least 4 members (excludes halogenated alkanes) is 2. The van der Waals surface area contributed by atoms with Crippen LogP contribution < -0.4 is 5.73 Å². The van der Waals surface area contributed by atoms with Gasteiger partial charge in [-0.2, -0.15) is 0 Å². The van der Waals surface area contributed by atoms with Crippen LogP contribution in [0.5, 0.6) is 0 Å². The van der Waals surface area contributed by atoms with Gasteiger partial charge in [0.05, 0.1) is 0 Å². The molecule has 4 heteroatoms. The molecule has 0 radical (unpaired) electrons. The summed E-state index contributed by atoms with van der Waals surface area (Å²) >= 11 is 0. The standard InChI is InChI=1S/C16H30N2O2/c1-13(19)6-4-3-5-7-15(16(17)20)12-14-8-10-18(2)11-9-14/h14-15H,3-12H2,1-2H3,(H2,17,20). The molecule has 116 valence electrons. The summed E-state index contributed by atoms with van der Waals surface area (Å²) in [6, 6.07) is 0. The third-order valence-corrected chi connectivity index (χ3v) is 4.44. The number of rotatable bonds is 9. The average Bonchev–Trinajstić information content (AvgIpc) is 2.38. The number of carbonyl (C=O) groups is 2. The van der Waals surface area contributed by atoms with E-state index in [0.717, 1.165) is 45.2 Å². The Kier molecular flexibility index (Phi) is 7.82. The number of amides is 1. The van der Waals surface area contributed by atoms with Crippen LogP contribution in [0, 0.1) is 11.8 Å².